The van der Waals surface area contributed by atoms with Crippen LogP contribution in [-0.4, -0.2) is 72.1 Å². The highest BCUT2D eigenvalue weighted by Crippen LogP contribution is 2.30. The van der Waals surface area contributed by atoms with Gasteiger partial charge in [0.25, 0.3) is 0 Å². The van der Waals surface area contributed by atoms with Gasteiger partial charge in [-0.25, -0.2) is 4.79 Å². The molecule has 0 spiro atoms. The predicted octanol–water partition coefficient (Wildman–Crippen LogP) is 2.81. The molecule has 6 heteroatoms. The molecule has 0 aliphatic carbocycles. The maximum atomic E-state index is 13.2. The van der Waals surface area contributed by atoms with Crippen molar-refractivity contribution >= 4 is 11.9 Å². The zero-order valence-electron chi connectivity index (χ0n) is 17.8. The van der Waals surface area contributed by atoms with E-state index in [1.54, 1.807) is 7.11 Å². The van der Waals surface area contributed by atoms with Crippen molar-refractivity contribution in [2.45, 2.75) is 52.7 Å². The molecule has 0 aromatic heterocycles. The van der Waals surface area contributed by atoms with Crippen molar-refractivity contribution in [2.75, 3.05) is 33.4 Å². The van der Waals surface area contributed by atoms with Crippen molar-refractivity contribution in [1.82, 2.24) is 14.7 Å². The van der Waals surface area contributed by atoms with E-state index in [0.29, 0.717) is 45.1 Å². The summed E-state index contributed by atoms with van der Waals surface area (Å²) >= 11 is 0. The molecular weight excluding hydrogens is 354 g/mol. The minimum Gasteiger partial charge on any atom is -0.383 e. The largest absolute Gasteiger partial charge is 0.383 e. The third-order valence-corrected chi connectivity index (χ3v) is 5.88. The number of methoxy groups -OCH3 is 1. The quantitative estimate of drug-likeness (QED) is 0.723. The number of hydrogen-bond acceptors (Lipinski definition) is 3. The van der Waals surface area contributed by atoms with Crippen LogP contribution in [0.15, 0.2) is 18.2 Å². The number of ether oxygens (including phenoxy) is 1. The van der Waals surface area contributed by atoms with Crippen molar-refractivity contribution in [3.05, 3.63) is 34.9 Å². The molecule has 2 aliphatic heterocycles. The summed E-state index contributed by atoms with van der Waals surface area (Å²) in [7, 11) is 1.65. The molecule has 2 fully saturated rings. The van der Waals surface area contributed by atoms with Gasteiger partial charge in [-0.15, -0.1) is 0 Å². The highest BCUT2D eigenvalue weighted by Gasteiger charge is 2.49. The number of nitrogens with zero attached hydrogens (tertiary/aromatic N) is 3. The average molecular weight is 388 g/mol. The zero-order chi connectivity index (χ0) is 20.4. The molecule has 3 amide bonds. The van der Waals surface area contributed by atoms with Crippen LogP contribution in [0.5, 0.6) is 0 Å². The van der Waals surface area contributed by atoms with Gasteiger partial charge in [0.2, 0.25) is 5.91 Å². The first-order valence-corrected chi connectivity index (χ1v) is 10.2. The van der Waals surface area contributed by atoms with Crippen molar-refractivity contribution in [2.24, 2.45) is 5.92 Å². The number of amides is 3. The topological polar surface area (TPSA) is 53.1 Å². The Balaban J connectivity index is 1.79. The van der Waals surface area contributed by atoms with Crippen LogP contribution < -0.4 is 0 Å². The van der Waals surface area contributed by atoms with E-state index in [9.17, 15) is 9.59 Å². The first-order valence-electron chi connectivity index (χ1n) is 10.2. The lowest BCUT2D eigenvalue weighted by molar-refractivity contribution is -0.143. The molecule has 2 saturated heterocycles. The van der Waals surface area contributed by atoms with E-state index in [2.05, 4.69) is 45.9 Å². The zero-order valence-corrected chi connectivity index (χ0v) is 17.8. The highest BCUT2D eigenvalue weighted by molar-refractivity contribution is 5.90. The standard InChI is InChI=1S/C22H33N3O3/c1-15(2)10-20-21(26)23(8-9-28-5)13-19-14-24(22(27)25(19)20)12-18-7-6-16(3)17(4)11-18/h6-7,11,15,19-20H,8-10,12-14H2,1-5H3/t19-,20+/m1/s1. The lowest BCUT2D eigenvalue weighted by Crippen LogP contribution is -2.61. The molecule has 1 aromatic rings. The summed E-state index contributed by atoms with van der Waals surface area (Å²) in [6, 6.07) is 6.03. The monoisotopic (exact) mass is 387 g/mol. The molecule has 0 unspecified atom stereocenters. The average Bonchev–Trinajstić information content (AvgIpc) is 2.94. The third kappa shape index (κ3) is 4.17. The van der Waals surface area contributed by atoms with Gasteiger partial charge in [0.15, 0.2) is 0 Å². The van der Waals surface area contributed by atoms with Crippen LogP contribution in [0, 0.1) is 19.8 Å². The minimum atomic E-state index is -0.368. The summed E-state index contributed by atoms with van der Waals surface area (Å²) in [6.07, 6.45) is 0.696. The first kappa shape index (κ1) is 20.6. The van der Waals surface area contributed by atoms with Crippen LogP contribution >= 0.6 is 0 Å². The second-order valence-corrected chi connectivity index (χ2v) is 8.57. The normalized spacial score (nSPS) is 22.4. The molecule has 154 valence electrons. The maximum Gasteiger partial charge on any atom is 0.321 e. The van der Waals surface area contributed by atoms with Crippen LogP contribution in [-0.2, 0) is 16.1 Å². The van der Waals surface area contributed by atoms with E-state index in [1.807, 2.05) is 14.7 Å². The van der Waals surface area contributed by atoms with Crippen molar-refractivity contribution < 1.29 is 14.3 Å². The lowest BCUT2D eigenvalue weighted by Gasteiger charge is -2.42. The number of hydrogen-bond donors (Lipinski definition) is 0. The first-order chi connectivity index (χ1) is 13.3. The lowest BCUT2D eigenvalue weighted by atomic mass is 9.97. The Morgan fingerprint density at radius 1 is 1.11 bits per heavy atom. The van der Waals surface area contributed by atoms with Crippen LogP contribution in [0.25, 0.3) is 0 Å². The summed E-state index contributed by atoms with van der Waals surface area (Å²) in [4.78, 5) is 31.9. The van der Waals surface area contributed by atoms with Gasteiger partial charge in [-0.05, 0) is 42.9 Å². The second kappa shape index (κ2) is 8.52. The van der Waals surface area contributed by atoms with E-state index in [4.69, 9.17) is 4.74 Å². The highest BCUT2D eigenvalue weighted by atomic mass is 16.5. The maximum absolute atomic E-state index is 13.2. The molecule has 0 radical (unpaired) electrons. The Hall–Kier alpha value is -2.08. The van der Waals surface area contributed by atoms with E-state index in [0.717, 1.165) is 5.56 Å². The molecule has 2 aliphatic rings. The summed E-state index contributed by atoms with van der Waals surface area (Å²) in [5, 5.41) is 0. The van der Waals surface area contributed by atoms with Gasteiger partial charge in [0.05, 0.1) is 12.6 Å². The van der Waals surface area contributed by atoms with Crippen molar-refractivity contribution in [3.8, 4) is 0 Å². The number of rotatable bonds is 7. The summed E-state index contributed by atoms with van der Waals surface area (Å²) in [5.41, 5.74) is 3.63. The third-order valence-electron chi connectivity index (χ3n) is 5.88. The Bertz CT molecular complexity index is 734. The molecule has 6 nitrogen and oxygen atoms in total. The van der Waals surface area contributed by atoms with Gasteiger partial charge in [-0.3, -0.25) is 4.79 Å². The Labute approximate surface area is 168 Å². The number of carbonyl (C=O) groups excluding carboxylic acids is 2. The van der Waals surface area contributed by atoms with Crippen LogP contribution in [0.2, 0.25) is 0 Å². The van der Waals surface area contributed by atoms with Crippen LogP contribution in [0.4, 0.5) is 4.79 Å². The van der Waals surface area contributed by atoms with Gasteiger partial charge >= 0.3 is 6.03 Å². The number of benzene rings is 1. The summed E-state index contributed by atoms with van der Waals surface area (Å²) < 4.78 is 5.18. The van der Waals surface area contributed by atoms with E-state index in [-0.39, 0.29) is 24.0 Å². The summed E-state index contributed by atoms with van der Waals surface area (Å²) in [6.45, 7) is 11.3. The Morgan fingerprint density at radius 2 is 1.82 bits per heavy atom. The predicted molar refractivity (Wildman–Crippen MR) is 109 cm³/mol. The number of urea groups is 1. The smallest absolute Gasteiger partial charge is 0.321 e. The molecule has 0 saturated carbocycles. The second-order valence-electron chi connectivity index (χ2n) is 8.57. The van der Waals surface area contributed by atoms with Crippen molar-refractivity contribution in [3.63, 3.8) is 0 Å². The van der Waals surface area contributed by atoms with E-state index >= 15 is 0 Å². The number of fused-ring (bicyclic) bond motifs is 1. The molecule has 3 rings (SSSR count). The fraction of sp³-hybridized carbons (Fsp3) is 0.636. The van der Waals surface area contributed by atoms with Gasteiger partial charge in [0.1, 0.15) is 6.04 Å². The Morgan fingerprint density at radius 3 is 2.46 bits per heavy atom. The Kier molecular flexibility index (Phi) is 6.28. The van der Waals surface area contributed by atoms with Crippen molar-refractivity contribution in [1.29, 1.82) is 0 Å². The molecule has 28 heavy (non-hydrogen) atoms. The number of piperazine rings is 1. The van der Waals surface area contributed by atoms with Crippen LogP contribution in [0.1, 0.15) is 37.0 Å². The molecule has 0 N–H and O–H groups in total. The van der Waals surface area contributed by atoms with E-state index in [1.165, 1.54) is 11.1 Å². The van der Waals surface area contributed by atoms with Gasteiger partial charge in [0, 0.05) is 33.3 Å². The summed E-state index contributed by atoms with van der Waals surface area (Å²) in [5.74, 6) is 0.405. The van der Waals surface area contributed by atoms with Gasteiger partial charge in [-0.2, -0.15) is 0 Å². The number of carbonyl (C=O) groups is 2. The molecule has 2 heterocycles. The fourth-order valence-electron chi connectivity index (χ4n) is 4.27. The molecule has 0 bridgehead atoms. The number of aryl methyl sites for hydroxylation is 2. The SMILES string of the molecule is COCCN1C[C@@H]2CN(Cc3ccc(C)c(C)c3)C(=O)N2[C@@H](CC(C)C)C1=O. The molecule has 2 atom stereocenters. The van der Waals surface area contributed by atoms with Crippen LogP contribution in [0.3, 0.4) is 0 Å². The van der Waals surface area contributed by atoms with Gasteiger partial charge < -0.3 is 19.4 Å². The minimum absolute atomic E-state index is 0.00591. The van der Waals surface area contributed by atoms with E-state index < -0.39 is 0 Å². The molecular formula is C22H33N3O3. The van der Waals surface area contributed by atoms with Gasteiger partial charge in [-0.1, -0.05) is 32.0 Å². The molecule has 1 aromatic carbocycles. The fourth-order valence-corrected chi connectivity index (χ4v) is 4.27.